The summed E-state index contributed by atoms with van der Waals surface area (Å²) in [6.45, 7) is -0.119. The first-order chi connectivity index (χ1) is 24.1. The Bertz CT molecular complexity index is 2490. The fraction of sp³-hybridized carbons (Fsp3) is 0.176. The SMILES string of the molecule is COc1ccc(CN(c2nn(C)c3c(-n4c(C(Cc5cc(F)cc(F)c5)OC(N)=O)nc5cc(Br)ccc5c4=O)ccc(Cl)c23)S(C)(=O)=O)cc1. The number of aromatic nitrogens is 4. The molecule has 6 aromatic rings. The number of rotatable bonds is 10. The van der Waals surface area contributed by atoms with Crippen LogP contribution in [0.4, 0.5) is 19.4 Å². The highest BCUT2D eigenvalue weighted by atomic mass is 79.9. The number of sulfonamides is 1. The van der Waals surface area contributed by atoms with E-state index in [1.54, 1.807) is 49.5 Å². The third kappa shape index (κ3) is 7.25. The van der Waals surface area contributed by atoms with E-state index in [1.165, 1.54) is 23.9 Å². The van der Waals surface area contributed by atoms with Gasteiger partial charge in [-0.25, -0.2) is 31.3 Å². The molecule has 1 atom stereocenters. The molecule has 0 spiro atoms. The molecule has 6 rings (SSSR count). The lowest BCUT2D eigenvalue weighted by atomic mass is 10.1. The van der Waals surface area contributed by atoms with Gasteiger partial charge < -0.3 is 15.2 Å². The van der Waals surface area contributed by atoms with E-state index in [0.717, 1.165) is 27.3 Å². The molecule has 2 heterocycles. The number of carbonyl (C=O) groups excluding carboxylic acids is 1. The summed E-state index contributed by atoms with van der Waals surface area (Å²) in [5.74, 6) is -1.34. The van der Waals surface area contributed by atoms with Gasteiger partial charge in [-0.2, -0.15) is 5.10 Å². The number of fused-ring (bicyclic) bond motifs is 2. The van der Waals surface area contributed by atoms with Crippen molar-refractivity contribution in [3.63, 3.8) is 0 Å². The maximum Gasteiger partial charge on any atom is 0.405 e. The number of hydrogen-bond donors (Lipinski definition) is 1. The molecule has 2 aromatic heterocycles. The molecule has 0 saturated heterocycles. The third-order valence-corrected chi connectivity index (χ3v) is 9.92. The van der Waals surface area contributed by atoms with E-state index in [9.17, 15) is 26.8 Å². The number of carbonyl (C=O) groups is 1. The van der Waals surface area contributed by atoms with E-state index >= 15 is 0 Å². The molecule has 0 bridgehead atoms. The Morgan fingerprint density at radius 2 is 1.73 bits per heavy atom. The fourth-order valence-electron chi connectivity index (χ4n) is 5.83. The number of anilines is 1. The van der Waals surface area contributed by atoms with Gasteiger partial charge in [0.05, 0.1) is 52.4 Å². The maximum absolute atomic E-state index is 14.5. The molecule has 4 aromatic carbocycles. The van der Waals surface area contributed by atoms with Crippen molar-refractivity contribution < 1.29 is 31.5 Å². The molecule has 0 radical (unpaired) electrons. The molecule has 1 unspecified atom stereocenters. The summed E-state index contributed by atoms with van der Waals surface area (Å²) in [5, 5.41) is 5.04. The number of primary amides is 1. The van der Waals surface area contributed by atoms with Crippen LogP contribution in [0, 0.1) is 11.6 Å². The molecule has 0 saturated carbocycles. The molecule has 0 aliphatic rings. The van der Waals surface area contributed by atoms with E-state index in [4.69, 9.17) is 31.8 Å². The third-order valence-electron chi connectivity index (χ3n) is 8.01. The van der Waals surface area contributed by atoms with Crippen molar-refractivity contribution in [2.45, 2.75) is 19.1 Å². The van der Waals surface area contributed by atoms with E-state index < -0.39 is 39.4 Å². The van der Waals surface area contributed by atoms with Crippen molar-refractivity contribution in [3.8, 4) is 11.4 Å². The Morgan fingerprint density at radius 3 is 2.35 bits per heavy atom. The van der Waals surface area contributed by atoms with Gasteiger partial charge in [-0.05, 0) is 65.7 Å². The molecular weight excluding hydrogens is 774 g/mol. The fourth-order valence-corrected chi connectivity index (χ4v) is 7.24. The summed E-state index contributed by atoms with van der Waals surface area (Å²) < 4.78 is 70.0. The molecule has 0 fully saturated rings. The Balaban J connectivity index is 1.63. The zero-order valence-electron chi connectivity index (χ0n) is 27.1. The van der Waals surface area contributed by atoms with Crippen molar-refractivity contribution in [2.24, 2.45) is 12.8 Å². The second-order valence-corrected chi connectivity index (χ2v) is 14.8. The van der Waals surface area contributed by atoms with Crippen LogP contribution in [0.3, 0.4) is 0 Å². The van der Waals surface area contributed by atoms with Crippen LogP contribution in [0.1, 0.15) is 23.1 Å². The Labute approximate surface area is 303 Å². The van der Waals surface area contributed by atoms with Gasteiger partial charge >= 0.3 is 6.09 Å². The lowest BCUT2D eigenvalue weighted by Crippen LogP contribution is -2.30. The molecule has 0 aliphatic heterocycles. The maximum atomic E-state index is 14.5. The van der Waals surface area contributed by atoms with Gasteiger partial charge in [0.1, 0.15) is 17.4 Å². The predicted octanol–water partition coefficient (Wildman–Crippen LogP) is 6.32. The minimum atomic E-state index is -3.97. The van der Waals surface area contributed by atoms with Crippen molar-refractivity contribution >= 4 is 71.3 Å². The largest absolute Gasteiger partial charge is 0.497 e. The molecular formula is C34H28BrClF2N6O6S. The summed E-state index contributed by atoms with van der Waals surface area (Å²) in [4.78, 5) is 31.4. The van der Waals surface area contributed by atoms with Crippen molar-refractivity contribution in [3.05, 3.63) is 121 Å². The number of aryl methyl sites for hydroxylation is 1. The predicted molar refractivity (Wildman–Crippen MR) is 192 cm³/mol. The first kappa shape index (κ1) is 35.8. The topological polar surface area (TPSA) is 152 Å². The lowest BCUT2D eigenvalue weighted by Gasteiger charge is -2.22. The van der Waals surface area contributed by atoms with Crippen LogP contribution in [0.25, 0.3) is 27.5 Å². The highest BCUT2D eigenvalue weighted by molar-refractivity contribution is 9.10. The summed E-state index contributed by atoms with van der Waals surface area (Å²) in [6.07, 6.45) is -1.98. The molecule has 17 heteroatoms. The number of benzene rings is 4. The minimum Gasteiger partial charge on any atom is -0.497 e. The quantitative estimate of drug-likeness (QED) is 0.169. The number of hydrogen-bond acceptors (Lipinski definition) is 8. The van der Waals surface area contributed by atoms with Gasteiger partial charge in [-0.15, -0.1) is 0 Å². The van der Waals surface area contributed by atoms with Gasteiger partial charge in [0, 0.05) is 24.0 Å². The Morgan fingerprint density at radius 1 is 1.04 bits per heavy atom. The summed E-state index contributed by atoms with van der Waals surface area (Å²) in [5.41, 5.74) is 6.12. The van der Waals surface area contributed by atoms with Crippen molar-refractivity contribution in [1.82, 2.24) is 19.3 Å². The van der Waals surface area contributed by atoms with Crippen LogP contribution in [-0.4, -0.2) is 47.2 Å². The number of ether oxygens (including phenoxy) is 2. The smallest absolute Gasteiger partial charge is 0.405 e. The summed E-state index contributed by atoms with van der Waals surface area (Å²) in [7, 11) is -0.912. The monoisotopic (exact) mass is 800 g/mol. The van der Waals surface area contributed by atoms with E-state index in [1.807, 2.05) is 0 Å². The molecule has 1 amide bonds. The first-order valence-electron chi connectivity index (χ1n) is 15.0. The number of amides is 1. The van der Waals surface area contributed by atoms with Crippen LogP contribution < -0.4 is 20.3 Å². The Hall–Kier alpha value is -5.06. The van der Waals surface area contributed by atoms with E-state index in [2.05, 4.69) is 21.0 Å². The molecule has 12 nitrogen and oxygen atoms in total. The van der Waals surface area contributed by atoms with Crippen molar-refractivity contribution in [1.29, 1.82) is 0 Å². The summed E-state index contributed by atoms with van der Waals surface area (Å²) in [6, 6.07) is 17.3. The van der Waals surface area contributed by atoms with Crippen molar-refractivity contribution in [2.75, 3.05) is 17.7 Å². The summed E-state index contributed by atoms with van der Waals surface area (Å²) >= 11 is 10.2. The van der Waals surface area contributed by atoms with Crippen LogP contribution in [-0.2, 0) is 34.8 Å². The zero-order valence-corrected chi connectivity index (χ0v) is 30.3. The highest BCUT2D eigenvalue weighted by Gasteiger charge is 2.30. The number of halogens is 4. The molecule has 2 N–H and O–H groups in total. The van der Waals surface area contributed by atoms with Gasteiger partial charge in [0.15, 0.2) is 17.7 Å². The highest BCUT2D eigenvalue weighted by Crippen LogP contribution is 2.38. The second kappa shape index (κ2) is 13.9. The Kier molecular flexibility index (Phi) is 9.76. The van der Waals surface area contributed by atoms with E-state index in [0.29, 0.717) is 21.9 Å². The molecule has 0 aliphatic carbocycles. The first-order valence-corrected chi connectivity index (χ1v) is 18.1. The van der Waals surface area contributed by atoms with Gasteiger partial charge in [-0.1, -0.05) is 39.7 Å². The van der Waals surface area contributed by atoms with Crippen LogP contribution >= 0.6 is 27.5 Å². The lowest BCUT2D eigenvalue weighted by molar-refractivity contribution is 0.1000. The zero-order chi connectivity index (χ0) is 36.8. The molecule has 264 valence electrons. The van der Waals surface area contributed by atoms with E-state index in [-0.39, 0.29) is 62.7 Å². The number of methoxy groups -OCH3 is 1. The van der Waals surface area contributed by atoms with Crippen LogP contribution in [0.2, 0.25) is 5.02 Å². The standard InChI is InChI=1S/C34H28BrClF2N6O6S/c1-42-30-27(11-10-25(36)29(30)32(41-42)43(51(3,47)48)17-18-4-7-23(49-2)8-5-18)44-31(40-26-15-20(35)6-9-24(26)33(44)45)28(50-34(39)46)14-19-12-21(37)16-22(38)13-19/h4-13,15-16,28H,14,17H2,1-3H3,(H2,39,46). The van der Waals surface area contributed by atoms with Gasteiger partial charge in [0.25, 0.3) is 5.56 Å². The number of nitrogens with zero attached hydrogens (tertiary/aromatic N) is 5. The van der Waals surface area contributed by atoms with Gasteiger partial charge in [-0.3, -0.25) is 14.0 Å². The van der Waals surface area contributed by atoms with Crippen LogP contribution in [0.5, 0.6) is 5.75 Å². The normalized spacial score (nSPS) is 12.3. The number of nitrogens with two attached hydrogens (primary N) is 1. The minimum absolute atomic E-state index is 0.0230. The second-order valence-electron chi connectivity index (χ2n) is 11.5. The molecule has 51 heavy (non-hydrogen) atoms. The average molecular weight is 802 g/mol. The average Bonchev–Trinajstić information content (AvgIpc) is 3.40. The van der Waals surface area contributed by atoms with Crippen LogP contribution in [0.15, 0.2) is 82.1 Å². The van der Waals surface area contributed by atoms with Gasteiger partial charge in [0.2, 0.25) is 10.0 Å².